The number of rotatable bonds is 5. The van der Waals surface area contributed by atoms with Crippen molar-refractivity contribution in [3.05, 3.63) is 54.2 Å². The van der Waals surface area contributed by atoms with Crippen LogP contribution in [-0.4, -0.2) is 62.2 Å². The van der Waals surface area contributed by atoms with E-state index < -0.39 is 21.7 Å². The van der Waals surface area contributed by atoms with Gasteiger partial charge in [-0.05, 0) is 36.4 Å². The molecule has 2 heterocycles. The van der Waals surface area contributed by atoms with E-state index in [1.165, 1.54) is 33.7 Å². The predicted octanol–water partition coefficient (Wildman–Crippen LogP) is 0.682. The van der Waals surface area contributed by atoms with Crippen molar-refractivity contribution >= 4 is 21.8 Å². The van der Waals surface area contributed by atoms with Gasteiger partial charge >= 0.3 is 0 Å². The van der Waals surface area contributed by atoms with Gasteiger partial charge in [0, 0.05) is 26.2 Å². The van der Waals surface area contributed by atoms with E-state index in [-0.39, 0.29) is 49.3 Å². The van der Waals surface area contributed by atoms with Gasteiger partial charge in [0.15, 0.2) is 5.76 Å². The SMILES string of the molecule is O=C(NCC(=O)N1CCN(S(=O)(=O)c2ccc(F)cc2)CC1)c1ccco1. The molecule has 27 heavy (non-hydrogen) atoms. The lowest BCUT2D eigenvalue weighted by atomic mass is 10.3. The van der Waals surface area contributed by atoms with E-state index in [9.17, 15) is 22.4 Å². The molecule has 0 bridgehead atoms. The third-order valence-electron chi connectivity index (χ3n) is 4.19. The average molecular weight is 395 g/mol. The molecule has 2 aromatic rings. The van der Waals surface area contributed by atoms with Crippen molar-refractivity contribution in [2.45, 2.75) is 4.90 Å². The van der Waals surface area contributed by atoms with Crippen LogP contribution < -0.4 is 5.32 Å². The number of amides is 2. The molecule has 1 aliphatic rings. The molecule has 1 aromatic heterocycles. The molecule has 1 saturated heterocycles. The molecule has 1 fully saturated rings. The van der Waals surface area contributed by atoms with Gasteiger partial charge in [-0.15, -0.1) is 0 Å². The summed E-state index contributed by atoms with van der Waals surface area (Å²) in [6.07, 6.45) is 1.36. The van der Waals surface area contributed by atoms with Crippen molar-refractivity contribution in [1.29, 1.82) is 0 Å². The van der Waals surface area contributed by atoms with Crippen LogP contribution in [0.2, 0.25) is 0 Å². The number of hydrogen-bond donors (Lipinski definition) is 1. The van der Waals surface area contributed by atoms with Crippen LogP contribution in [0.15, 0.2) is 52.0 Å². The molecule has 3 rings (SSSR count). The van der Waals surface area contributed by atoms with Crippen molar-refractivity contribution < 1.29 is 26.8 Å². The fraction of sp³-hybridized carbons (Fsp3) is 0.294. The van der Waals surface area contributed by atoms with Gasteiger partial charge in [-0.25, -0.2) is 12.8 Å². The smallest absolute Gasteiger partial charge is 0.287 e. The van der Waals surface area contributed by atoms with Crippen molar-refractivity contribution in [3.63, 3.8) is 0 Å². The first-order valence-electron chi connectivity index (χ1n) is 8.23. The minimum Gasteiger partial charge on any atom is -0.459 e. The van der Waals surface area contributed by atoms with E-state index in [0.717, 1.165) is 12.1 Å². The molecule has 0 atom stereocenters. The number of carbonyl (C=O) groups is 2. The number of carbonyl (C=O) groups excluding carboxylic acids is 2. The molecular formula is C17H18FN3O5S. The number of halogens is 1. The van der Waals surface area contributed by atoms with Crippen LogP contribution >= 0.6 is 0 Å². The summed E-state index contributed by atoms with van der Waals surface area (Å²) in [4.78, 5) is 25.5. The lowest BCUT2D eigenvalue weighted by Gasteiger charge is -2.34. The van der Waals surface area contributed by atoms with Crippen LogP contribution in [-0.2, 0) is 14.8 Å². The first-order chi connectivity index (χ1) is 12.9. The van der Waals surface area contributed by atoms with E-state index in [2.05, 4.69) is 5.32 Å². The summed E-state index contributed by atoms with van der Waals surface area (Å²) in [5.41, 5.74) is 0. The van der Waals surface area contributed by atoms with Gasteiger partial charge in [-0.1, -0.05) is 0 Å². The largest absolute Gasteiger partial charge is 0.459 e. The zero-order valence-electron chi connectivity index (χ0n) is 14.3. The molecule has 0 spiro atoms. The zero-order chi connectivity index (χ0) is 19.4. The Morgan fingerprint density at radius 1 is 1.07 bits per heavy atom. The highest BCUT2D eigenvalue weighted by molar-refractivity contribution is 7.89. The molecule has 0 radical (unpaired) electrons. The summed E-state index contributed by atoms with van der Waals surface area (Å²) >= 11 is 0. The molecule has 1 aliphatic heterocycles. The highest BCUT2D eigenvalue weighted by Gasteiger charge is 2.30. The monoisotopic (exact) mass is 395 g/mol. The lowest BCUT2D eigenvalue weighted by Crippen LogP contribution is -2.52. The molecule has 0 unspecified atom stereocenters. The van der Waals surface area contributed by atoms with E-state index in [0.29, 0.717) is 0 Å². The molecule has 0 saturated carbocycles. The predicted molar refractivity (Wildman–Crippen MR) is 92.8 cm³/mol. The molecule has 2 amide bonds. The summed E-state index contributed by atoms with van der Waals surface area (Å²) in [6.45, 7) is 0.450. The van der Waals surface area contributed by atoms with Crippen molar-refractivity contribution in [2.24, 2.45) is 0 Å². The van der Waals surface area contributed by atoms with Crippen LogP contribution in [0.4, 0.5) is 4.39 Å². The Labute approximate surface area is 155 Å². The number of nitrogens with zero attached hydrogens (tertiary/aromatic N) is 2. The van der Waals surface area contributed by atoms with Crippen LogP contribution in [0.1, 0.15) is 10.6 Å². The van der Waals surface area contributed by atoms with Gasteiger partial charge in [0.05, 0.1) is 17.7 Å². The standard InChI is InChI=1S/C17H18FN3O5S/c18-13-3-5-14(6-4-13)27(24,25)21-9-7-20(8-10-21)16(22)12-19-17(23)15-2-1-11-26-15/h1-6,11H,7-10,12H2,(H,19,23). The van der Waals surface area contributed by atoms with Gasteiger partial charge in [-0.3, -0.25) is 9.59 Å². The van der Waals surface area contributed by atoms with Crippen LogP contribution in [0, 0.1) is 5.82 Å². The first-order valence-corrected chi connectivity index (χ1v) is 9.67. The second kappa shape index (κ2) is 7.89. The number of benzene rings is 1. The second-order valence-corrected chi connectivity index (χ2v) is 7.84. The Balaban J connectivity index is 1.53. The summed E-state index contributed by atoms with van der Waals surface area (Å²) in [6, 6.07) is 7.66. The van der Waals surface area contributed by atoms with Gasteiger partial charge in [0.2, 0.25) is 15.9 Å². The Hall–Kier alpha value is -2.72. The van der Waals surface area contributed by atoms with Crippen molar-refractivity contribution in [2.75, 3.05) is 32.7 Å². The second-order valence-electron chi connectivity index (χ2n) is 5.90. The molecule has 8 nitrogen and oxygen atoms in total. The quantitative estimate of drug-likeness (QED) is 0.803. The van der Waals surface area contributed by atoms with E-state index in [4.69, 9.17) is 4.42 Å². The summed E-state index contributed by atoms with van der Waals surface area (Å²) in [7, 11) is -3.74. The minimum atomic E-state index is -3.74. The Bertz CT molecular complexity index is 905. The van der Waals surface area contributed by atoms with E-state index >= 15 is 0 Å². The van der Waals surface area contributed by atoms with Gasteiger partial charge < -0.3 is 14.6 Å². The maximum Gasteiger partial charge on any atom is 0.287 e. The third-order valence-corrected chi connectivity index (χ3v) is 6.10. The molecule has 1 aromatic carbocycles. The van der Waals surface area contributed by atoms with Gasteiger partial charge in [0.1, 0.15) is 5.82 Å². The number of piperazine rings is 1. The molecular weight excluding hydrogens is 377 g/mol. The minimum absolute atomic E-state index is 0.00869. The van der Waals surface area contributed by atoms with Crippen molar-refractivity contribution in [1.82, 2.24) is 14.5 Å². The fourth-order valence-electron chi connectivity index (χ4n) is 2.70. The van der Waals surface area contributed by atoms with Crippen LogP contribution in [0.3, 0.4) is 0 Å². The average Bonchev–Trinajstić information content (AvgIpc) is 3.21. The summed E-state index contributed by atoms with van der Waals surface area (Å²) in [5.74, 6) is -1.21. The molecule has 144 valence electrons. The lowest BCUT2D eigenvalue weighted by molar-refractivity contribution is -0.131. The van der Waals surface area contributed by atoms with Crippen molar-refractivity contribution in [3.8, 4) is 0 Å². The Kier molecular flexibility index (Phi) is 5.57. The normalized spacial score (nSPS) is 15.5. The summed E-state index contributed by atoms with van der Waals surface area (Å²) in [5, 5.41) is 2.46. The molecule has 0 aliphatic carbocycles. The summed E-state index contributed by atoms with van der Waals surface area (Å²) < 4.78 is 44.3. The Morgan fingerprint density at radius 2 is 1.74 bits per heavy atom. The van der Waals surface area contributed by atoms with Gasteiger partial charge in [0.25, 0.3) is 5.91 Å². The molecule has 10 heteroatoms. The van der Waals surface area contributed by atoms with Crippen LogP contribution in [0.5, 0.6) is 0 Å². The number of furan rings is 1. The number of nitrogens with one attached hydrogen (secondary N) is 1. The maximum atomic E-state index is 13.0. The first kappa shape index (κ1) is 19.1. The maximum absolute atomic E-state index is 13.0. The van der Waals surface area contributed by atoms with Gasteiger partial charge in [-0.2, -0.15) is 4.31 Å². The zero-order valence-corrected chi connectivity index (χ0v) is 15.1. The topological polar surface area (TPSA) is 99.9 Å². The van der Waals surface area contributed by atoms with E-state index in [1.807, 2.05) is 0 Å². The van der Waals surface area contributed by atoms with Crippen LogP contribution in [0.25, 0.3) is 0 Å². The highest BCUT2D eigenvalue weighted by atomic mass is 32.2. The van der Waals surface area contributed by atoms with E-state index in [1.54, 1.807) is 6.07 Å². The molecule has 1 N–H and O–H groups in total. The number of hydrogen-bond acceptors (Lipinski definition) is 5. The Morgan fingerprint density at radius 3 is 2.33 bits per heavy atom. The third kappa shape index (κ3) is 4.34. The fourth-order valence-corrected chi connectivity index (χ4v) is 4.12. The highest BCUT2D eigenvalue weighted by Crippen LogP contribution is 2.18. The number of sulfonamides is 1.